The van der Waals surface area contributed by atoms with E-state index >= 15 is 0 Å². The topological polar surface area (TPSA) is 103 Å². The van der Waals surface area contributed by atoms with Gasteiger partial charge in [0.05, 0.1) is 24.9 Å². The summed E-state index contributed by atoms with van der Waals surface area (Å²) in [6.45, 7) is -4.62. The third-order valence-corrected chi connectivity index (χ3v) is 3.71. The first-order valence-corrected chi connectivity index (χ1v) is 8.62. The van der Waals surface area contributed by atoms with Crippen molar-refractivity contribution in [3.05, 3.63) is 53.3 Å². The van der Waals surface area contributed by atoms with Gasteiger partial charge < -0.3 is 24.8 Å². The Bertz CT molecular complexity index is 1020. The lowest BCUT2D eigenvalue weighted by Crippen LogP contribution is -2.35. The van der Waals surface area contributed by atoms with Crippen LogP contribution in [-0.4, -0.2) is 44.7 Å². The van der Waals surface area contributed by atoms with Gasteiger partial charge in [-0.2, -0.15) is 8.78 Å². The summed E-state index contributed by atoms with van der Waals surface area (Å²) in [7, 11) is 1.16. The van der Waals surface area contributed by atoms with Gasteiger partial charge in [-0.1, -0.05) is 0 Å². The highest BCUT2D eigenvalue weighted by Gasteiger charge is 2.18. The van der Waals surface area contributed by atoms with Crippen molar-refractivity contribution in [2.24, 2.45) is 0 Å². The highest BCUT2D eigenvalue weighted by molar-refractivity contribution is 5.95. The number of anilines is 1. The Labute approximate surface area is 177 Å². The van der Waals surface area contributed by atoms with E-state index in [-0.39, 0.29) is 17.1 Å². The van der Waals surface area contributed by atoms with E-state index in [0.717, 1.165) is 31.4 Å². The Balaban J connectivity index is 1.84. The molecule has 32 heavy (non-hydrogen) atoms. The van der Waals surface area contributed by atoms with Crippen molar-refractivity contribution in [3.8, 4) is 11.5 Å². The van der Waals surface area contributed by atoms with Crippen molar-refractivity contribution < 1.29 is 50.5 Å². The Hall–Kier alpha value is -3.90. The molecule has 0 unspecified atom stereocenters. The maximum Gasteiger partial charge on any atom is 0.387 e. The molecule has 0 aromatic heterocycles. The lowest BCUT2D eigenvalue weighted by atomic mass is 10.2. The summed E-state index contributed by atoms with van der Waals surface area (Å²) in [5.41, 5.74) is -0.773. The zero-order valence-electron chi connectivity index (χ0n) is 16.2. The quantitative estimate of drug-likeness (QED) is 0.338. The van der Waals surface area contributed by atoms with Gasteiger partial charge in [0, 0.05) is 0 Å². The lowest BCUT2D eigenvalue weighted by Gasteiger charge is -2.11. The number of amides is 2. The van der Waals surface area contributed by atoms with E-state index in [1.807, 2.05) is 5.32 Å². The average molecular weight is 462 g/mol. The van der Waals surface area contributed by atoms with Gasteiger partial charge >= 0.3 is 12.6 Å². The number of carbonyl (C=O) groups is 3. The Morgan fingerprint density at radius 1 is 0.969 bits per heavy atom. The molecule has 13 heteroatoms. The normalized spacial score (nSPS) is 10.5. The first-order chi connectivity index (χ1) is 15.1. The molecule has 0 aliphatic rings. The molecule has 0 aliphatic heterocycles. The Kier molecular flexibility index (Phi) is 8.32. The predicted octanol–water partition coefficient (Wildman–Crippen LogP) is 2.63. The molecule has 2 rings (SSSR count). The number of rotatable bonds is 9. The number of nitrogens with one attached hydrogen (secondary N) is 2. The van der Waals surface area contributed by atoms with Crippen LogP contribution in [0.15, 0.2) is 30.3 Å². The monoisotopic (exact) mass is 462 g/mol. The van der Waals surface area contributed by atoms with E-state index < -0.39 is 60.7 Å². The minimum Gasteiger partial charge on any atom is -0.493 e. The lowest BCUT2D eigenvalue weighted by molar-refractivity contribution is -0.126. The number of carbonyl (C=O) groups excluding carboxylic acids is 3. The third-order valence-electron chi connectivity index (χ3n) is 3.71. The molecule has 0 fully saturated rings. The number of hydrogen-bond donors (Lipinski definition) is 2. The summed E-state index contributed by atoms with van der Waals surface area (Å²) < 4.78 is 77.9. The highest BCUT2D eigenvalue weighted by Crippen LogP contribution is 2.29. The largest absolute Gasteiger partial charge is 0.493 e. The zero-order chi connectivity index (χ0) is 23.8. The maximum atomic E-state index is 13.5. The second-order valence-electron chi connectivity index (χ2n) is 5.87. The molecule has 0 saturated carbocycles. The summed E-state index contributed by atoms with van der Waals surface area (Å²) in [5.74, 6) is -8.20. The van der Waals surface area contributed by atoms with E-state index in [1.165, 1.54) is 0 Å². The van der Waals surface area contributed by atoms with Crippen LogP contribution in [0.5, 0.6) is 11.5 Å². The first-order valence-electron chi connectivity index (χ1n) is 8.62. The van der Waals surface area contributed by atoms with Gasteiger partial charge in [0.2, 0.25) is 5.91 Å². The molecule has 0 radical (unpaired) electrons. The molecule has 0 bridgehead atoms. The molecule has 2 aromatic carbocycles. The molecule has 0 heterocycles. The highest BCUT2D eigenvalue weighted by atomic mass is 19.3. The van der Waals surface area contributed by atoms with Crippen LogP contribution in [-0.2, 0) is 14.3 Å². The van der Waals surface area contributed by atoms with Gasteiger partial charge in [0.25, 0.3) is 5.91 Å². The van der Waals surface area contributed by atoms with Gasteiger partial charge in [0.1, 0.15) is 0 Å². The molecule has 8 nitrogen and oxygen atoms in total. The van der Waals surface area contributed by atoms with Crippen molar-refractivity contribution >= 4 is 23.5 Å². The summed E-state index contributed by atoms with van der Waals surface area (Å²) >= 11 is 0. The fraction of sp³-hybridized carbons (Fsp3) is 0.211. The molecule has 0 saturated heterocycles. The number of alkyl halides is 2. The number of halogens is 5. The van der Waals surface area contributed by atoms with Gasteiger partial charge in [-0.25, -0.2) is 18.0 Å². The van der Waals surface area contributed by atoms with Gasteiger partial charge in [-0.05, 0) is 30.3 Å². The minimum absolute atomic E-state index is 0.136. The fourth-order valence-corrected chi connectivity index (χ4v) is 2.25. The maximum absolute atomic E-state index is 13.5. The van der Waals surface area contributed by atoms with Gasteiger partial charge in [-0.15, -0.1) is 0 Å². The molecule has 0 aliphatic carbocycles. The summed E-state index contributed by atoms with van der Waals surface area (Å²) in [6, 6.07) is 4.60. The molecule has 172 valence electrons. The van der Waals surface area contributed by atoms with Crippen molar-refractivity contribution in [3.63, 3.8) is 0 Å². The SMILES string of the molecule is COc1cc(C(=O)OCC(=O)NCC(=O)Nc2ccc(F)c(F)c2F)ccc1OC(F)F. The van der Waals surface area contributed by atoms with E-state index in [9.17, 15) is 36.3 Å². The summed E-state index contributed by atoms with van der Waals surface area (Å²) in [5, 5.41) is 4.00. The van der Waals surface area contributed by atoms with Crippen LogP contribution in [0.3, 0.4) is 0 Å². The van der Waals surface area contributed by atoms with Crippen molar-refractivity contribution in [1.82, 2.24) is 5.32 Å². The number of ether oxygens (including phenoxy) is 3. The third kappa shape index (κ3) is 6.55. The predicted molar refractivity (Wildman–Crippen MR) is 97.9 cm³/mol. The van der Waals surface area contributed by atoms with Gasteiger partial charge in [0.15, 0.2) is 35.6 Å². The number of benzene rings is 2. The van der Waals surface area contributed by atoms with Gasteiger partial charge in [-0.3, -0.25) is 9.59 Å². The van der Waals surface area contributed by atoms with Crippen LogP contribution in [0.2, 0.25) is 0 Å². The van der Waals surface area contributed by atoms with E-state index in [2.05, 4.69) is 10.1 Å². The van der Waals surface area contributed by atoms with Crippen LogP contribution in [0.1, 0.15) is 10.4 Å². The molecule has 0 spiro atoms. The Morgan fingerprint density at radius 2 is 1.69 bits per heavy atom. The van der Waals surface area contributed by atoms with Crippen LogP contribution in [0.25, 0.3) is 0 Å². The second kappa shape index (κ2) is 10.9. The first kappa shape index (κ1) is 24.4. The van der Waals surface area contributed by atoms with Crippen LogP contribution in [0, 0.1) is 17.5 Å². The number of hydrogen-bond acceptors (Lipinski definition) is 6. The van der Waals surface area contributed by atoms with E-state index in [0.29, 0.717) is 6.07 Å². The van der Waals surface area contributed by atoms with Crippen molar-refractivity contribution in [1.29, 1.82) is 0 Å². The molecule has 2 aromatic rings. The zero-order valence-corrected chi connectivity index (χ0v) is 16.2. The molecular weight excluding hydrogens is 447 g/mol. The molecule has 2 N–H and O–H groups in total. The summed E-state index contributed by atoms with van der Waals surface area (Å²) in [4.78, 5) is 35.4. The summed E-state index contributed by atoms with van der Waals surface area (Å²) in [6.07, 6.45) is 0. The fourth-order valence-electron chi connectivity index (χ4n) is 2.25. The van der Waals surface area contributed by atoms with E-state index in [1.54, 1.807) is 0 Å². The second-order valence-corrected chi connectivity index (χ2v) is 5.87. The van der Waals surface area contributed by atoms with Crippen LogP contribution in [0.4, 0.5) is 27.6 Å². The minimum atomic E-state index is -3.11. The van der Waals surface area contributed by atoms with Crippen molar-refractivity contribution in [2.45, 2.75) is 6.61 Å². The molecule has 2 amide bonds. The smallest absolute Gasteiger partial charge is 0.387 e. The van der Waals surface area contributed by atoms with E-state index in [4.69, 9.17) is 9.47 Å². The van der Waals surface area contributed by atoms with Crippen LogP contribution >= 0.6 is 0 Å². The number of methoxy groups -OCH3 is 1. The van der Waals surface area contributed by atoms with Crippen molar-refractivity contribution in [2.75, 3.05) is 25.6 Å². The molecular formula is C19H15F5N2O6. The molecule has 0 atom stereocenters. The van der Waals surface area contributed by atoms with Crippen LogP contribution < -0.4 is 20.1 Å². The Morgan fingerprint density at radius 3 is 2.34 bits per heavy atom. The standard InChI is InChI=1S/C19H15F5N2O6/c1-30-13-6-9(2-5-12(13)32-19(23)24)18(29)31-8-15(28)25-7-14(27)26-11-4-3-10(20)16(21)17(11)22/h2-6,19H,7-8H2,1H3,(H,25,28)(H,26,27). The number of esters is 1. The average Bonchev–Trinajstić information content (AvgIpc) is 2.76.